The Kier molecular flexibility index (Phi) is 7.12. The van der Waals surface area contributed by atoms with E-state index in [1.165, 1.54) is 63.1 Å². The summed E-state index contributed by atoms with van der Waals surface area (Å²) in [6.45, 7) is 0. The molecule has 0 fully saturated rings. The van der Waals surface area contributed by atoms with Crippen molar-refractivity contribution in [2.24, 2.45) is 0 Å². The Morgan fingerprint density at radius 2 is 1.09 bits per heavy atom. The minimum absolute atomic E-state index is 0.750. The Hall–Kier alpha value is -6.92. The van der Waals surface area contributed by atoms with Gasteiger partial charge in [-0.3, -0.25) is 0 Å². The van der Waals surface area contributed by atoms with Crippen molar-refractivity contribution in [2.75, 3.05) is 0 Å². The molecule has 3 aromatic heterocycles. The number of benzene rings is 8. The molecular weight excluding hydrogens is 727 g/mol. The zero-order chi connectivity index (χ0) is 37.5. The van der Waals surface area contributed by atoms with Gasteiger partial charge in [0.15, 0.2) is 5.82 Å². The maximum absolute atomic E-state index is 5.65. The van der Waals surface area contributed by atoms with Crippen molar-refractivity contribution in [3.05, 3.63) is 200 Å². The van der Waals surface area contributed by atoms with Gasteiger partial charge >= 0.3 is 0 Å². The third-order valence-electron chi connectivity index (χ3n) is 11.9. The molecule has 0 amide bonds. The van der Waals surface area contributed by atoms with E-state index in [1.807, 2.05) is 11.3 Å². The fourth-order valence-corrected chi connectivity index (χ4v) is 15.7. The highest BCUT2D eigenvalue weighted by molar-refractivity contribution is 7.26. The van der Waals surface area contributed by atoms with Crippen LogP contribution in [0.4, 0.5) is 0 Å². The van der Waals surface area contributed by atoms with Crippen molar-refractivity contribution in [1.29, 1.82) is 0 Å². The van der Waals surface area contributed by atoms with Gasteiger partial charge in [-0.25, -0.2) is 9.97 Å². The van der Waals surface area contributed by atoms with Crippen LogP contribution >= 0.6 is 11.3 Å². The van der Waals surface area contributed by atoms with E-state index < -0.39 is 8.07 Å². The molecule has 0 atom stereocenters. The molecule has 11 aromatic rings. The number of nitrogens with zero attached hydrogens (tertiary/aromatic N) is 3. The molecule has 4 heterocycles. The third kappa shape index (κ3) is 4.64. The van der Waals surface area contributed by atoms with E-state index in [0.29, 0.717) is 0 Å². The monoisotopic (exact) mass is 759 g/mol. The Morgan fingerprint density at radius 3 is 1.84 bits per heavy atom. The van der Waals surface area contributed by atoms with Crippen LogP contribution in [0.1, 0.15) is 0 Å². The summed E-state index contributed by atoms with van der Waals surface area (Å²) in [5, 5.41) is 10.4. The van der Waals surface area contributed by atoms with Crippen LogP contribution in [0, 0.1) is 0 Å². The summed E-state index contributed by atoms with van der Waals surface area (Å²) in [7, 11) is -2.86. The van der Waals surface area contributed by atoms with E-state index in [1.54, 1.807) is 0 Å². The predicted molar refractivity (Wildman–Crippen MR) is 243 cm³/mol. The molecule has 12 rings (SSSR count). The summed E-state index contributed by atoms with van der Waals surface area (Å²) in [5.41, 5.74) is 8.95. The zero-order valence-electron chi connectivity index (χ0n) is 30.8. The first-order chi connectivity index (χ1) is 28.3. The van der Waals surface area contributed by atoms with E-state index in [0.717, 1.165) is 39.2 Å². The predicted octanol–water partition coefficient (Wildman–Crippen LogP) is 10.6. The van der Waals surface area contributed by atoms with Crippen LogP contribution < -0.4 is 20.9 Å². The molecular formula is C52H33N3SSi. The molecule has 0 bridgehead atoms. The van der Waals surface area contributed by atoms with Gasteiger partial charge in [-0.1, -0.05) is 170 Å². The zero-order valence-corrected chi connectivity index (χ0v) is 32.6. The number of para-hydroxylation sites is 1. The average Bonchev–Trinajstić information content (AvgIpc) is 3.94. The lowest BCUT2D eigenvalue weighted by atomic mass is 10.00. The molecule has 0 aliphatic carbocycles. The molecule has 0 N–H and O–H groups in total. The standard InChI is InChI=1S/C52H33N3SSi/c1-4-16-35(17-5-1)51-53-49(48-42-24-12-15-27-46(42)57(52(48)54-51,37-18-6-2-7-19-37)38-20-8-3-9-21-38)34-28-30-36(31-29-34)55-43-25-13-10-23-41(43)47-44(55)33-32-40-39-22-11-14-26-45(39)56-50(40)47/h1-33H. The highest BCUT2D eigenvalue weighted by atomic mass is 32.1. The summed E-state index contributed by atoms with van der Waals surface area (Å²) in [6, 6.07) is 72.9. The van der Waals surface area contributed by atoms with Crippen LogP contribution in [0.5, 0.6) is 0 Å². The van der Waals surface area contributed by atoms with Crippen molar-refractivity contribution in [2.45, 2.75) is 0 Å². The van der Waals surface area contributed by atoms with Crippen molar-refractivity contribution < 1.29 is 0 Å². The molecule has 0 radical (unpaired) electrons. The fraction of sp³-hybridized carbons (Fsp3) is 0. The summed E-state index contributed by atoms with van der Waals surface area (Å²) >= 11 is 1.89. The largest absolute Gasteiger partial charge is 0.309 e. The molecule has 57 heavy (non-hydrogen) atoms. The number of hydrogen-bond donors (Lipinski definition) is 0. The van der Waals surface area contributed by atoms with Crippen LogP contribution in [0.3, 0.4) is 0 Å². The molecule has 3 nitrogen and oxygen atoms in total. The van der Waals surface area contributed by atoms with Gasteiger partial charge in [0.1, 0.15) is 0 Å². The highest BCUT2D eigenvalue weighted by Crippen LogP contribution is 2.44. The van der Waals surface area contributed by atoms with Crippen LogP contribution in [0.2, 0.25) is 0 Å². The normalized spacial score (nSPS) is 13.1. The molecule has 5 heteroatoms. The lowest BCUT2D eigenvalue weighted by Gasteiger charge is -2.30. The van der Waals surface area contributed by atoms with Gasteiger partial charge in [-0.2, -0.15) is 0 Å². The number of aromatic nitrogens is 3. The second-order valence-corrected chi connectivity index (χ2v) is 19.6. The Bertz CT molecular complexity index is 3300. The van der Waals surface area contributed by atoms with E-state index in [9.17, 15) is 0 Å². The lowest BCUT2D eigenvalue weighted by Crippen LogP contribution is -2.73. The van der Waals surface area contributed by atoms with Gasteiger partial charge < -0.3 is 4.57 Å². The number of hydrogen-bond acceptors (Lipinski definition) is 3. The van der Waals surface area contributed by atoms with Gasteiger partial charge in [0.05, 0.1) is 22.0 Å². The maximum atomic E-state index is 5.65. The molecule has 1 aliphatic rings. The van der Waals surface area contributed by atoms with Crippen molar-refractivity contribution in [1.82, 2.24) is 14.5 Å². The van der Waals surface area contributed by atoms with Crippen LogP contribution in [0.25, 0.3) is 81.4 Å². The van der Waals surface area contributed by atoms with Gasteiger partial charge in [0.2, 0.25) is 8.07 Å². The van der Waals surface area contributed by atoms with Gasteiger partial charge in [-0.15, -0.1) is 11.3 Å². The van der Waals surface area contributed by atoms with Gasteiger partial charge in [0, 0.05) is 53.3 Å². The first-order valence-corrected chi connectivity index (χ1v) is 22.2. The summed E-state index contributed by atoms with van der Waals surface area (Å²) < 4.78 is 5.09. The molecule has 1 aliphatic heterocycles. The Balaban J connectivity index is 1.11. The molecule has 266 valence electrons. The number of fused-ring (bicyclic) bond motifs is 10. The second-order valence-electron chi connectivity index (χ2n) is 14.8. The lowest BCUT2D eigenvalue weighted by molar-refractivity contribution is 1.18. The maximum Gasteiger partial charge on any atom is 0.203 e. The summed E-state index contributed by atoms with van der Waals surface area (Å²) in [6.07, 6.45) is 0. The molecule has 0 unspecified atom stereocenters. The van der Waals surface area contributed by atoms with Crippen LogP contribution in [0.15, 0.2) is 200 Å². The summed E-state index contributed by atoms with van der Waals surface area (Å²) in [5.74, 6) is 0.750. The quantitative estimate of drug-likeness (QED) is 0.164. The minimum atomic E-state index is -2.86. The van der Waals surface area contributed by atoms with Crippen molar-refractivity contribution in [3.8, 4) is 39.5 Å². The first-order valence-electron chi connectivity index (χ1n) is 19.4. The van der Waals surface area contributed by atoms with Crippen LogP contribution in [-0.2, 0) is 0 Å². The minimum Gasteiger partial charge on any atom is -0.309 e. The molecule has 0 spiro atoms. The average molecular weight is 760 g/mol. The highest BCUT2D eigenvalue weighted by Gasteiger charge is 2.51. The SMILES string of the molecule is c1ccc(-c2nc(-c3ccc(-n4c5ccccc5c5c6sc7ccccc7c6ccc54)cc3)c3c(n2)[Si](c2ccccc2)(c2ccccc2)c2ccccc2-3)cc1. The van der Waals surface area contributed by atoms with Gasteiger partial charge in [0.25, 0.3) is 0 Å². The fourth-order valence-electron chi connectivity index (χ4n) is 9.48. The first kappa shape index (κ1) is 32.3. The van der Waals surface area contributed by atoms with Crippen molar-refractivity contribution in [3.63, 3.8) is 0 Å². The van der Waals surface area contributed by atoms with Gasteiger partial charge in [-0.05, 0) is 51.5 Å². The second kappa shape index (κ2) is 12.5. The van der Waals surface area contributed by atoms with E-state index in [2.05, 4.69) is 205 Å². The molecule has 0 saturated carbocycles. The van der Waals surface area contributed by atoms with Crippen LogP contribution in [-0.4, -0.2) is 22.6 Å². The number of thiophene rings is 1. The smallest absolute Gasteiger partial charge is 0.203 e. The number of rotatable bonds is 5. The van der Waals surface area contributed by atoms with E-state index in [4.69, 9.17) is 9.97 Å². The Labute approximate surface area is 334 Å². The van der Waals surface area contributed by atoms with E-state index >= 15 is 0 Å². The summed E-state index contributed by atoms with van der Waals surface area (Å²) in [4.78, 5) is 11.1. The topological polar surface area (TPSA) is 30.7 Å². The van der Waals surface area contributed by atoms with E-state index in [-0.39, 0.29) is 0 Å². The van der Waals surface area contributed by atoms with Crippen molar-refractivity contribution >= 4 is 82.3 Å². The molecule has 8 aromatic carbocycles. The third-order valence-corrected chi connectivity index (χ3v) is 17.8. The molecule has 0 saturated heterocycles. The Morgan fingerprint density at radius 1 is 0.456 bits per heavy atom.